The van der Waals surface area contributed by atoms with Gasteiger partial charge in [0.2, 0.25) is 0 Å². The number of nitrogens with zero attached hydrogens (tertiary/aromatic N) is 2. The molecular weight excluding hydrogens is 152 g/mol. The van der Waals surface area contributed by atoms with Crippen LogP contribution < -0.4 is 0 Å². The molecule has 68 valence electrons. The standard InChI is InChI=1S/C9H16N2O/c12-9(11-7-4-8-11)10-5-2-1-3-6-10/h1-8H2. The molecule has 3 nitrogen and oxygen atoms in total. The van der Waals surface area contributed by atoms with Gasteiger partial charge in [0.15, 0.2) is 0 Å². The van der Waals surface area contributed by atoms with Gasteiger partial charge in [-0.1, -0.05) is 0 Å². The number of carbonyl (C=O) groups excluding carboxylic acids is 1. The average molecular weight is 168 g/mol. The van der Waals surface area contributed by atoms with E-state index in [4.69, 9.17) is 0 Å². The molecule has 0 N–H and O–H groups in total. The van der Waals surface area contributed by atoms with Gasteiger partial charge in [0, 0.05) is 26.2 Å². The van der Waals surface area contributed by atoms with Crippen molar-refractivity contribution in [2.24, 2.45) is 0 Å². The van der Waals surface area contributed by atoms with Gasteiger partial charge in [-0.15, -0.1) is 0 Å². The van der Waals surface area contributed by atoms with Gasteiger partial charge in [-0.05, 0) is 25.7 Å². The molecule has 2 amide bonds. The highest BCUT2D eigenvalue weighted by Crippen LogP contribution is 2.14. The normalized spacial score (nSPS) is 23.7. The van der Waals surface area contributed by atoms with Gasteiger partial charge in [0.05, 0.1) is 0 Å². The molecule has 2 heterocycles. The molecule has 0 unspecified atom stereocenters. The third kappa shape index (κ3) is 1.40. The molecule has 3 heteroatoms. The van der Waals surface area contributed by atoms with E-state index < -0.39 is 0 Å². The topological polar surface area (TPSA) is 23.6 Å². The first kappa shape index (κ1) is 7.90. The van der Waals surface area contributed by atoms with E-state index in [2.05, 4.69) is 0 Å². The smallest absolute Gasteiger partial charge is 0.319 e. The van der Waals surface area contributed by atoms with E-state index in [9.17, 15) is 4.79 Å². The van der Waals surface area contributed by atoms with Crippen molar-refractivity contribution in [3.63, 3.8) is 0 Å². The van der Waals surface area contributed by atoms with Crippen LogP contribution in [0.3, 0.4) is 0 Å². The highest BCUT2D eigenvalue weighted by atomic mass is 16.2. The lowest BCUT2D eigenvalue weighted by molar-refractivity contribution is 0.119. The Balaban J connectivity index is 1.84. The summed E-state index contributed by atoms with van der Waals surface area (Å²) in [5, 5.41) is 0. The second kappa shape index (κ2) is 3.33. The number of likely N-dealkylation sites (tertiary alicyclic amines) is 2. The lowest BCUT2D eigenvalue weighted by Gasteiger charge is -2.37. The molecule has 0 bridgehead atoms. The third-order valence-corrected chi connectivity index (χ3v) is 2.75. The SMILES string of the molecule is O=C(N1CCCCC1)N1CCC1. The fourth-order valence-corrected chi connectivity index (χ4v) is 1.79. The van der Waals surface area contributed by atoms with E-state index >= 15 is 0 Å². The van der Waals surface area contributed by atoms with Crippen molar-refractivity contribution in [1.82, 2.24) is 9.80 Å². The number of piperidine rings is 1. The zero-order valence-corrected chi connectivity index (χ0v) is 7.46. The molecule has 12 heavy (non-hydrogen) atoms. The number of carbonyl (C=O) groups is 1. The lowest BCUT2D eigenvalue weighted by Crippen LogP contribution is -2.50. The van der Waals surface area contributed by atoms with Crippen LogP contribution in [0.5, 0.6) is 0 Å². The molecule has 2 aliphatic heterocycles. The maximum Gasteiger partial charge on any atom is 0.319 e. The van der Waals surface area contributed by atoms with Gasteiger partial charge in [0.25, 0.3) is 0 Å². The molecular formula is C9H16N2O. The monoisotopic (exact) mass is 168 g/mol. The predicted octanol–water partition coefficient (Wildman–Crippen LogP) is 1.30. The van der Waals surface area contributed by atoms with Crippen molar-refractivity contribution < 1.29 is 4.79 Å². The van der Waals surface area contributed by atoms with Crippen LogP contribution in [0.15, 0.2) is 0 Å². The van der Waals surface area contributed by atoms with Crippen LogP contribution in [-0.4, -0.2) is 42.0 Å². The largest absolute Gasteiger partial charge is 0.325 e. The van der Waals surface area contributed by atoms with E-state index in [0.29, 0.717) is 0 Å². The van der Waals surface area contributed by atoms with Gasteiger partial charge in [0.1, 0.15) is 0 Å². The predicted molar refractivity (Wildman–Crippen MR) is 47.0 cm³/mol. The fraction of sp³-hybridized carbons (Fsp3) is 0.889. The van der Waals surface area contributed by atoms with Crippen molar-refractivity contribution in [2.75, 3.05) is 26.2 Å². The summed E-state index contributed by atoms with van der Waals surface area (Å²) < 4.78 is 0. The maximum absolute atomic E-state index is 11.6. The number of urea groups is 1. The number of hydrogen-bond donors (Lipinski definition) is 0. The highest BCUT2D eigenvalue weighted by Gasteiger charge is 2.25. The Labute approximate surface area is 73.3 Å². The van der Waals surface area contributed by atoms with Gasteiger partial charge in [-0.3, -0.25) is 0 Å². The molecule has 2 fully saturated rings. The molecule has 0 aromatic heterocycles. The second-order valence-corrected chi connectivity index (χ2v) is 3.67. The summed E-state index contributed by atoms with van der Waals surface area (Å²) in [7, 11) is 0. The minimum atomic E-state index is 0.279. The zero-order valence-electron chi connectivity index (χ0n) is 7.46. The Morgan fingerprint density at radius 1 is 0.750 bits per heavy atom. The number of amides is 2. The summed E-state index contributed by atoms with van der Waals surface area (Å²) in [6.07, 6.45) is 4.88. The first-order valence-electron chi connectivity index (χ1n) is 4.92. The third-order valence-electron chi connectivity index (χ3n) is 2.75. The second-order valence-electron chi connectivity index (χ2n) is 3.67. The Hall–Kier alpha value is -0.730. The summed E-state index contributed by atoms with van der Waals surface area (Å²) in [4.78, 5) is 15.6. The van der Waals surface area contributed by atoms with Gasteiger partial charge in [-0.25, -0.2) is 4.79 Å². The van der Waals surface area contributed by atoms with Crippen LogP contribution in [0.2, 0.25) is 0 Å². The quantitative estimate of drug-likeness (QED) is 0.534. The Morgan fingerprint density at radius 2 is 1.25 bits per heavy atom. The first-order valence-corrected chi connectivity index (χ1v) is 4.92. The van der Waals surface area contributed by atoms with E-state index in [1.807, 2.05) is 9.80 Å². The zero-order chi connectivity index (χ0) is 8.39. The van der Waals surface area contributed by atoms with Gasteiger partial charge in [-0.2, -0.15) is 0 Å². The Bertz CT molecular complexity index is 171. The van der Waals surface area contributed by atoms with Crippen LogP contribution in [0.4, 0.5) is 4.79 Å². The molecule has 2 aliphatic rings. The summed E-state index contributed by atoms with van der Waals surface area (Å²) in [5.41, 5.74) is 0. The molecule has 0 atom stereocenters. The van der Waals surface area contributed by atoms with Crippen molar-refractivity contribution in [1.29, 1.82) is 0 Å². The first-order chi connectivity index (χ1) is 5.88. The molecule has 2 saturated heterocycles. The molecule has 0 radical (unpaired) electrons. The number of rotatable bonds is 0. The van der Waals surface area contributed by atoms with Gasteiger partial charge < -0.3 is 9.80 Å². The average Bonchev–Trinajstić information content (AvgIpc) is 2.03. The minimum absolute atomic E-state index is 0.279. The fourth-order valence-electron chi connectivity index (χ4n) is 1.79. The molecule has 2 rings (SSSR count). The molecule has 0 aromatic rings. The van der Waals surface area contributed by atoms with Gasteiger partial charge >= 0.3 is 6.03 Å². The van der Waals surface area contributed by atoms with Crippen molar-refractivity contribution >= 4 is 6.03 Å². The van der Waals surface area contributed by atoms with Crippen LogP contribution in [-0.2, 0) is 0 Å². The van der Waals surface area contributed by atoms with Crippen LogP contribution in [0.1, 0.15) is 25.7 Å². The maximum atomic E-state index is 11.6. The summed E-state index contributed by atoms with van der Waals surface area (Å²) in [6, 6.07) is 0.279. The van der Waals surface area contributed by atoms with Crippen molar-refractivity contribution in [3.05, 3.63) is 0 Å². The van der Waals surface area contributed by atoms with E-state index in [0.717, 1.165) is 26.2 Å². The summed E-state index contributed by atoms with van der Waals surface area (Å²) >= 11 is 0. The van der Waals surface area contributed by atoms with Crippen LogP contribution >= 0.6 is 0 Å². The molecule has 0 aromatic carbocycles. The summed E-state index contributed by atoms with van der Waals surface area (Å²) in [6.45, 7) is 3.93. The van der Waals surface area contributed by atoms with E-state index in [-0.39, 0.29) is 6.03 Å². The Morgan fingerprint density at radius 3 is 1.67 bits per heavy atom. The van der Waals surface area contributed by atoms with E-state index in [1.165, 1.54) is 25.7 Å². The Kier molecular flexibility index (Phi) is 2.19. The molecule has 0 aliphatic carbocycles. The lowest BCUT2D eigenvalue weighted by atomic mass is 10.1. The molecule has 0 saturated carbocycles. The summed E-state index contributed by atoms with van der Waals surface area (Å²) in [5.74, 6) is 0. The van der Waals surface area contributed by atoms with Crippen LogP contribution in [0.25, 0.3) is 0 Å². The molecule has 0 spiro atoms. The van der Waals surface area contributed by atoms with Crippen molar-refractivity contribution in [3.8, 4) is 0 Å². The highest BCUT2D eigenvalue weighted by molar-refractivity contribution is 5.75. The minimum Gasteiger partial charge on any atom is -0.325 e. The van der Waals surface area contributed by atoms with E-state index in [1.54, 1.807) is 0 Å². The van der Waals surface area contributed by atoms with Crippen molar-refractivity contribution in [2.45, 2.75) is 25.7 Å². The van der Waals surface area contributed by atoms with Crippen LogP contribution in [0, 0.1) is 0 Å². The number of hydrogen-bond acceptors (Lipinski definition) is 1.